The fourth-order valence-corrected chi connectivity index (χ4v) is 3.68. The molecule has 0 aliphatic heterocycles. The molecule has 3 rings (SSSR count). The highest BCUT2D eigenvalue weighted by Gasteiger charge is 2.21. The summed E-state index contributed by atoms with van der Waals surface area (Å²) in [6.07, 6.45) is 0.886. The summed E-state index contributed by atoms with van der Waals surface area (Å²) >= 11 is 1.53. The number of hydrogen-bond acceptors (Lipinski definition) is 4. The SMILES string of the molecule is CCc1ccc2sc3c(C)nn(C(C)C(=O)O)c(=O)c3c2c1. The first-order valence-corrected chi connectivity index (χ1v) is 7.93. The number of carbonyl (C=O) groups is 1. The summed E-state index contributed by atoms with van der Waals surface area (Å²) in [5, 5.41) is 14.8. The molecule has 1 aromatic carbocycles. The van der Waals surface area contributed by atoms with Gasteiger partial charge in [-0.2, -0.15) is 5.10 Å². The molecule has 2 aromatic heterocycles. The van der Waals surface area contributed by atoms with Crippen molar-refractivity contribution in [3.8, 4) is 0 Å². The number of aromatic nitrogens is 2. The zero-order valence-corrected chi connectivity index (χ0v) is 13.4. The molecule has 1 unspecified atom stereocenters. The van der Waals surface area contributed by atoms with Gasteiger partial charge in [0.2, 0.25) is 0 Å². The van der Waals surface area contributed by atoms with Gasteiger partial charge in [0.05, 0.1) is 15.8 Å². The lowest BCUT2D eigenvalue weighted by atomic mass is 10.1. The fourth-order valence-electron chi connectivity index (χ4n) is 2.57. The largest absolute Gasteiger partial charge is 0.480 e. The number of hydrogen-bond donors (Lipinski definition) is 1. The Kier molecular flexibility index (Phi) is 3.48. The van der Waals surface area contributed by atoms with Crippen molar-refractivity contribution in [2.24, 2.45) is 0 Å². The predicted octanol–water partition coefficient (Wildman–Crippen LogP) is 3.13. The lowest BCUT2D eigenvalue weighted by Crippen LogP contribution is -2.30. The van der Waals surface area contributed by atoms with Crippen LogP contribution in [0.15, 0.2) is 23.0 Å². The Bertz CT molecular complexity index is 955. The van der Waals surface area contributed by atoms with Crippen molar-refractivity contribution >= 4 is 37.5 Å². The molecule has 2 heterocycles. The van der Waals surface area contributed by atoms with E-state index in [1.165, 1.54) is 18.3 Å². The van der Waals surface area contributed by atoms with E-state index in [0.717, 1.165) is 31.5 Å². The second-order valence-electron chi connectivity index (χ2n) is 5.34. The van der Waals surface area contributed by atoms with Crippen LogP contribution in [-0.2, 0) is 11.2 Å². The van der Waals surface area contributed by atoms with Crippen molar-refractivity contribution in [3.05, 3.63) is 39.8 Å². The van der Waals surface area contributed by atoms with Crippen LogP contribution >= 0.6 is 11.3 Å². The van der Waals surface area contributed by atoms with Crippen LogP contribution in [0.3, 0.4) is 0 Å². The number of aryl methyl sites for hydroxylation is 2. The molecule has 5 nitrogen and oxygen atoms in total. The Labute approximate surface area is 130 Å². The van der Waals surface area contributed by atoms with Gasteiger partial charge in [-0.3, -0.25) is 4.79 Å². The number of thiophene rings is 1. The van der Waals surface area contributed by atoms with Crippen LogP contribution in [0, 0.1) is 6.92 Å². The Hall–Kier alpha value is -2.21. The molecule has 1 atom stereocenters. The van der Waals surface area contributed by atoms with Gasteiger partial charge in [-0.25, -0.2) is 9.48 Å². The second-order valence-corrected chi connectivity index (χ2v) is 6.39. The molecule has 3 aromatic rings. The third-order valence-electron chi connectivity index (χ3n) is 3.89. The third-order valence-corrected chi connectivity index (χ3v) is 5.17. The number of rotatable bonds is 3. The zero-order valence-electron chi connectivity index (χ0n) is 12.6. The van der Waals surface area contributed by atoms with Crippen LogP contribution in [0.4, 0.5) is 0 Å². The monoisotopic (exact) mass is 316 g/mol. The molecular weight excluding hydrogens is 300 g/mol. The standard InChI is InChI=1S/C16H16N2O3S/c1-4-10-5-6-12-11(7-10)13-14(22-12)8(2)17-18(15(13)19)9(3)16(20)21/h5-7,9H,4H2,1-3H3,(H,20,21). The van der Waals surface area contributed by atoms with E-state index in [4.69, 9.17) is 0 Å². The Morgan fingerprint density at radius 3 is 2.82 bits per heavy atom. The van der Waals surface area contributed by atoms with Crippen LogP contribution in [0.25, 0.3) is 20.2 Å². The average Bonchev–Trinajstić information content (AvgIpc) is 2.89. The van der Waals surface area contributed by atoms with E-state index in [2.05, 4.69) is 18.1 Å². The van der Waals surface area contributed by atoms with E-state index < -0.39 is 12.0 Å². The maximum atomic E-state index is 12.7. The van der Waals surface area contributed by atoms with Gasteiger partial charge in [0.1, 0.15) is 0 Å². The van der Waals surface area contributed by atoms with Gasteiger partial charge in [0.15, 0.2) is 6.04 Å². The Morgan fingerprint density at radius 1 is 1.45 bits per heavy atom. The molecule has 0 aliphatic carbocycles. The van der Waals surface area contributed by atoms with Gasteiger partial charge >= 0.3 is 5.97 Å². The molecular formula is C16H16N2O3S. The molecule has 114 valence electrons. The minimum absolute atomic E-state index is 0.338. The maximum Gasteiger partial charge on any atom is 0.328 e. The maximum absolute atomic E-state index is 12.7. The lowest BCUT2D eigenvalue weighted by Gasteiger charge is -2.10. The predicted molar refractivity (Wildman–Crippen MR) is 87.8 cm³/mol. The van der Waals surface area contributed by atoms with Crippen LogP contribution in [0.1, 0.15) is 31.1 Å². The minimum Gasteiger partial charge on any atom is -0.480 e. The topological polar surface area (TPSA) is 72.2 Å². The average molecular weight is 316 g/mol. The number of carboxylic acids is 1. The number of benzene rings is 1. The van der Waals surface area contributed by atoms with Crippen molar-refractivity contribution in [1.29, 1.82) is 0 Å². The van der Waals surface area contributed by atoms with Crippen LogP contribution < -0.4 is 5.56 Å². The first kappa shape index (κ1) is 14.7. The van der Waals surface area contributed by atoms with Gasteiger partial charge in [0, 0.05) is 10.1 Å². The summed E-state index contributed by atoms with van der Waals surface area (Å²) in [6.45, 7) is 5.34. The van der Waals surface area contributed by atoms with E-state index in [0.29, 0.717) is 11.1 Å². The highest BCUT2D eigenvalue weighted by molar-refractivity contribution is 7.26. The first-order valence-electron chi connectivity index (χ1n) is 7.11. The highest BCUT2D eigenvalue weighted by atomic mass is 32.1. The molecule has 0 amide bonds. The molecule has 0 bridgehead atoms. The highest BCUT2D eigenvalue weighted by Crippen LogP contribution is 2.33. The van der Waals surface area contributed by atoms with Gasteiger partial charge < -0.3 is 5.11 Å². The Balaban J connectivity index is 2.45. The molecule has 0 saturated carbocycles. The van der Waals surface area contributed by atoms with Crippen molar-refractivity contribution < 1.29 is 9.90 Å². The zero-order chi connectivity index (χ0) is 16.0. The van der Waals surface area contributed by atoms with Crippen LogP contribution in [0.5, 0.6) is 0 Å². The minimum atomic E-state index is -1.07. The summed E-state index contributed by atoms with van der Waals surface area (Å²) in [5.74, 6) is -1.07. The van der Waals surface area contributed by atoms with Gasteiger partial charge in [-0.1, -0.05) is 13.0 Å². The number of fused-ring (bicyclic) bond motifs is 3. The number of carboxylic acid groups (broad SMARTS) is 1. The van der Waals surface area contributed by atoms with E-state index >= 15 is 0 Å². The van der Waals surface area contributed by atoms with E-state index in [-0.39, 0.29) is 5.56 Å². The Morgan fingerprint density at radius 2 is 2.18 bits per heavy atom. The van der Waals surface area contributed by atoms with E-state index in [1.54, 1.807) is 0 Å². The summed E-state index contributed by atoms with van der Waals surface area (Å²) < 4.78 is 2.93. The third kappa shape index (κ3) is 2.11. The number of aliphatic carboxylic acids is 1. The first-order chi connectivity index (χ1) is 10.4. The number of nitrogens with zero attached hydrogens (tertiary/aromatic N) is 2. The van der Waals surface area contributed by atoms with Gasteiger partial charge in [-0.05, 0) is 38.0 Å². The van der Waals surface area contributed by atoms with Crippen LogP contribution in [0.2, 0.25) is 0 Å². The van der Waals surface area contributed by atoms with Crippen molar-refractivity contribution in [3.63, 3.8) is 0 Å². The normalized spacial score (nSPS) is 12.9. The second kappa shape index (κ2) is 5.21. The molecule has 0 aliphatic rings. The van der Waals surface area contributed by atoms with Gasteiger partial charge in [-0.15, -0.1) is 11.3 Å². The molecule has 0 fully saturated rings. The smallest absolute Gasteiger partial charge is 0.328 e. The van der Waals surface area contributed by atoms with Crippen molar-refractivity contribution in [1.82, 2.24) is 9.78 Å². The fraction of sp³-hybridized carbons (Fsp3) is 0.312. The summed E-state index contributed by atoms with van der Waals surface area (Å²) in [7, 11) is 0. The quantitative estimate of drug-likeness (QED) is 0.806. The summed E-state index contributed by atoms with van der Waals surface area (Å²) in [6, 6.07) is 5.10. The van der Waals surface area contributed by atoms with Crippen LogP contribution in [-0.4, -0.2) is 20.9 Å². The van der Waals surface area contributed by atoms with Crippen molar-refractivity contribution in [2.75, 3.05) is 0 Å². The molecule has 0 spiro atoms. The van der Waals surface area contributed by atoms with Gasteiger partial charge in [0.25, 0.3) is 5.56 Å². The summed E-state index contributed by atoms with van der Waals surface area (Å²) in [4.78, 5) is 23.9. The molecule has 0 saturated heterocycles. The molecule has 6 heteroatoms. The molecule has 1 N–H and O–H groups in total. The summed E-state index contributed by atoms with van der Waals surface area (Å²) in [5.41, 5.74) is 1.50. The molecule has 22 heavy (non-hydrogen) atoms. The van der Waals surface area contributed by atoms with E-state index in [9.17, 15) is 14.7 Å². The molecule has 0 radical (unpaired) electrons. The lowest BCUT2D eigenvalue weighted by molar-refractivity contribution is -0.140. The van der Waals surface area contributed by atoms with E-state index in [1.807, 2.05) is 19.1 Å². The van der Waals surface area contributed by atoms with Crippen molar-refractivity contribution in [2.45, 2.75) is 33.2 Å².